The molecule has 0 spiro atoms. The molecule has 98 valence electrons. The summed E-state index contributed by atoms with van der Waals surface area (Å²) in [6.45, 7) is 2.08. The van der Waals surface area contributed by atoms with Crippen LogP contribution in [0.25, 0.3) is 0 Å². The second kappa shape index (κ2) is 4.36. The van der Waals surface area contributed by atoms with E-state index in [1.165, 1.54) is 12.8 Å². The molecule has 0 unspecified atom stereocenters. The van der Waals surface area contributed by atoms with Crippen LogP contribution >= 0.6 is 0 Å². The lowest BCUT2D eigenvalue weighted by Crippen LogP contribution is -2.44. The lowest BCUT2D eigenvalue weighted by atomic mass is 9.75. The molecular formula is C16H22O2. The number of ether oxygens (including phenoxy) is 1. The third-order valence-corrected chi connectivity index (χ3v) is 4.70. The van der Waals surface area contributed by atoms with Crippen molar-refractivity contribution in [3.05, 3.63) is 35.9 Å². The molecule has 3 rings (SSSR count). The van der Waals surface area contributed by atoms with Crippen LogP contribution in [0.1, 0.15) is 51.0 Å². The van der Waals surface area contributed by atoms with Crippen LogP contribution in [-0.4, -0.2) is 16.8 Å². The maximum absolute atomic E-state index is 11.1. The highest BCUT2D eigenvalue weighted by Crippen LogP contribution is 2.57. The first-order chi connectivity index (χ1) is 8.69. The van der Waals surface area contributed by atoms with Gasteiger partial charge in [0.1, 0.15) is 11.2 Å². The van der Waals surface area contributed by atoms with Gasteiger partial charge in [-0.15, -0.1) is 0 Å². The van der Waals surface area contributed by atoms with Gasteiger partial charge >= 0.3 is 0 Å². The van der Waals surface area contributed by atoms with E-state index in [9.17, 15) is 5.11 Å². The van der Waals surface area contributed by atoms with E-state index in [0.29, 0.717) is 0 Å². The molecule has 0 bridgehead atoms. The van der Waals surface area contributed by atoms with Crippen LogP contribution in [0.5, 0.6) is 0 Å². The SMILES string of the molecule is C[C@@H]1O[C@@]1(c1ccccc1)C1(O)CCCCCC1. The van der Waals surface area contributed by atoms with Crippen LogP contribution in [0.3, 0.4) is 0 Å². The Morgan fingerprint density at radius 3 is 2.11 bits per heavy atom. The lowest BCUT2D eigenvalue weighted by Gasteiger charge is -2.34. The predicted molar refractivity (Wildman–Crippen MR) is 71.3 cm³/mol. The van der Waals surface area contributed by atoms with Gasteiger partial charge in [-0.25, -0.2) is 0 Å². The van der Waals surface area contributed by atoms with E-state index >= 15 is 0 Å². The maximum atomic E-state index is 11.1. The minimum atomic E-state index is -0.676. The first kappa shape index (κ1) is 12.2. The van der Waals surface area contributed by atoms with Crippen LogP contribution < -0.4 is 0 Å². The standard InChI is InChI=1S/C16H22O2/c1-13-16(18-13,14-9-5-4-6-10-14)15(17)11-7-2-3-8-12-15/h4-6,9-10,13,17H,2-3,7-8,11-12H2,1H3/t13-,16-/m0/s1. The van der Waals surface area contributed by atoms with Crippen molar-refractivity contribution in [1.82, 2.24) is 0 Å². The third-order valence-electron chi connectivity index (χ3n) is 4.70. The minimum absolute atomic E-state index is 0.128. The van der Waals surface area contributed by atoms with Gasteiger partial charge in [-0.2, -0.15) is 0 Å². The zero-order valence-electron chi connectivity index (χ0n) is 11.1. The normalized spacial score (nSPS) is 34.9. The molecule has 2 aliphatic rings. The highest BCUT2D eigenvalue weighted by molar-refractivity contribution is 5.34. The zero-order valence-corrected chi connectivity index (χ0v) is 11.1. The summed E-state index contributed by atoms with van der Waals surface area (Å²) < 4.78 is 5.94. The Kier molecular flexibility index (Phi) is 2.95. The molecule has 1 N–H and O–H groups in total. The molecule has 2 atom stereocenters. The van der Waals surface area contributed by atoms with E-state index in [0.717, 1.165) is 31.2 Å². The fourth-order valence-electron chi connectivity index (χ4n) is 3.67. The van der Waals surface area contributed by atoms with Gasteiger partial charge in [-0.1, -0.05) is 56.0 Å². The Labute approximate surface area is 109 Å². The first-order valence-electron chi connectivity index (χ1n) is 7.15. The molecule has 0 amide bonds. The number of benzene rings is 1. The Hall–Kier alpha value is -0.860. The summed E-state index contributed by atoms with van der Waals surface area (Å²) in [5, 5.41) is 11.1. The van der Waals surface area contributed by atoms with Gasteiger partial charge in [0.15, 0.2) is 0 Å². The van der Waals surface area contributed by atoms with E-state index in [4.69, 9.17) is 4.74 Å². The van der Waals surface area contributed by atoms with Crippen molar-refractivity contribution in [1.29, 1.82) is 0 Å². The van der Waals surface area contributed by atoms with E-state index < -0.39 is 11.2 Å². The molecule has 1 heterocycles. The van der Waals surface area contributed by atoms with Crippen molar-refractivity contribution in [3.8, 4) is 0 Å². The average molecular weight is 246 g/mol. The highest BCUT2D eigenvalue weighted by atomic mass is 16.6. The Bertz CT molecular complexity index is 406. The van der Waals surface area contributed by atoms with Crippen LogP contribution in [0, 0.1) is 0 Å². The molecule has 1 aromatic rings. The van der Waals surface area contributed by atoms with Crippen molar-refractivity contribution in [3.63, 3.8) is 0 Å². The molecule has 2 heteroatoms. The molecule has 1 aliphatic carbocycles. The van der Waals surface area contributed by atoms with Crippen molar-refractivity contribution in [2.45, 2.75) is 62.8 Å². The Morgan fingerprint density at radius 1 is 1.06 bits per heavy atom. The summed E-state index contributed by atoms with van der Waals surface area (Å²) in [6, 6.07) is 10.3. The largest absolute Gasteiger partial charge is 0.386 e. The van der Waals surface area contributed by atoms with Crippen molar-refractivity contribution >= 4 is 0 Å². The highest BCUT2D eigenvalue weighted by Gasteiger charge is 2.67. The third kappa shape index (κ3) is 1.70. The van der Waals surface area contributed by atoms with E-state index in [-0.39, 0.29) is 6.10 Å². The molecule has 0 radical (unpaired) electrons. The monoisotopic (exact) mass is 246 g/mol. The van der Waals surface area contributed by atoms with Gasteiger partial charge < -0.3 is 9.84 Å². The number of aliphatic hydroxyl groups is 1. The average Bonchev–Trinajstić information content (AvgIpc) is 3.12. The number of epoxide rings is 1. The van der Waals surface area contributed by atoms with Crippen molar-refractivity contribution in [2.75, 3.05) is 0 Å². The summed E-state index contributed by atoms with van der Waals surface area (Å²) in [6.07, 6.45) is 6.56. The topological polar surface area (TPSA) is 32.8 Å². The minimum Gasteiger partial charge on any atom is -0.386 e. The lowest BCUT2D eigenvalue weighted by molar-refractivity contribution is -0.0531. The smallest absolute Gasteiger partial charge is 0.148 e. The molecule has 1 aromatic carbocycles. The molecule has 1 aliphatic heterocycles. The van der Waals surface area contributed by atoms with E-state index in [2.05, 4.69) is 19.1 Å². The Morgan fingerprint density at radius 2 is 1.61 bits per heavy atom. The molecule has 2 fully saturated rings. The Balaban J connectivity index is 1.97. The van der Waals surface area contributed by atoms with Crippen molar-refractivity contribution < 1.29 is 9.84 Å². The maximum Gasteiger partial charge on any atom is 0.148 e. The summed E-state index contributed by atoms with van der Waals surface area (Å²) >= 11 is 0. The quantitative estimate of drug-likeness (QED) is 0.641. The van der Waals surface area contributed by atoms with Gasteiger partial charge in [0.2, 0.25) is 0 Å². The summed E-state index contributed by atoms with van der Waals surface area (Å²) in [5.74, 6) is 0. The summed E-state index contributed by atoms with van der Waals surface area (Å²) in [4.78, 5) is 0. The second-order valence-corrected chi connectivity index (χ2v) is 5.81. The molecule has 18 heavy (non-hydrogen) atoms. The van der Waals surface area contributed by atoms with Gasteiger partial charge in [-0.3, -0.25) is 0 Å². The number of hydrogen-bond donors (Lipinski definition) is 1. The van der Waals surface area contributed by atoms with Crippen LogP contribution in [0.4, 0.5) is 0 Å². The zero-order chi connectivity index (χ0) is 12.6. The van der Waals surface area contributed by atoms with Gasteiger partial charge in [0.05, 0.1) is 6.10 Å². The molecular weight excluding hydrogens is 224 g/mol. The summed E-state index contributed by atoms with van der Waals surface area (Å²) in [7, 11) is 0. The number of rotatable bonds is 2. The molecule has 1 saturated carbocycles. The fourth-order valence-corrected chi connectivity index (χ4v) is 3.67. The van der Waals surface area contributed by atoms with Gasteiger partial charge in [-0.05, 0) is 25.3 Å². The van der Waals surface area contributed by atoms with E-state index in [1.807, 2.05) is 18.2 Å². The first-order valence-corrected chi connectivity index (χ1v) is 7.15. The molecule has 2 nitrogen and oxygen atoms in total. The predicted octanol–water partition coefficient (Wildman–Crippen LogP) is 3.39. The van der Waals surface area contributed by atoms with Crippen LogP contribution in [0.2, 0.25) is 0 Å². The van der Waals surface area contributed by atoms with Gasteiger partial charge in [0.25, 0.3) is 0 Å². The molecule has 1 saturated heterocycles. The summed E-state index contributed by atoms with van der Waals surface area (Å²) in [5.41, 5.74) is 0.0185. The second-order valence-electron chi connectivity index (χ2n) is 5.81. The fraction of sp³-hybridized carbons (Fsp3) is 0.625. The van der Waals surface area contributed by atoms with E-state index in [1.54, 1.807) is 0 Å². The van der Waals surface area contributed by atoms with Crippen molar-refractivity contribution in [2.24, 2.45) is 0 Å². The van der Waals surface area contributed by atoms with Gasteiger partial charge in [0, 0.05) is 0 Å². The van der Waals surface area contributed by atoms with Crippen LogP contribution in [0.15, 0.2) is 30.3 Å². The number of hydrogen-bond acceptors (Lipinski definition) is 2. The molecule has 0 aromatic heterocycles. The van der Waals surface area contributed by atoms with Crippen LogP contribution in [-0.2, 0) is 10.3 Å².